The summed E-state index contributed by atoms with van der Waals surface area (Å²) in [4.78, 5) is 1.77. The summed E-state index contributed by atoms with van der Waals surface area (Å²) in [5, 5.41) is 2.18. The fourth-order valence-electron chi connectivity index (χ4n) is 5.04. The van der Waals surface area contributed by atoms with Crippen LogP contribution in [0.15, 0.2) is 78.9 Å². The highest BCUT2D eigenvalue weighted by Gasteiger charge is 2.33. The molecular formula is C32H31F3N2. The quantitative estimate of drug-likeness (QED) is 0.240. The molecular weight excluding hydrogens is 469 g/mol. The Bertz CT molecular complexity index is 1620. The second-order valence-electron chi connectivity index (χ2n) is 11.0. The van der Waals surface area contributed by atoms with Crippen molar-refractivity contribution in [3.8, 4) is 16.8 Å². The number of aryl methyl sites for hydroxylation is 1. The molecule has 0 N–H and O–H groups in total. The lowest BCUT2D eigenvalue weighted by molar-refractivity contribution is -0.137. The molecule has 0 aliphatic rings. The molecule has 0 amide bonds. The van der Waals surface area contributed by atoms with Gasteiger partial charge in [-0.05, 0) is 59.9 Å². The van der Waals surface area contributed by atoms with Crippen molar-refractivity contribution >= 4 is 27.5 Å². The van der Waals surface area contributed by atoms with Crippen molar-refractivity contribution in [2.24, 2.45) is 0 Å². The molecule has 0 radical (unpaired) electrons. The van der Waals surface area contributed by atoms with Gasteiger partial charge in [-0.2, -0.15) is 13.2 Å². The Morgan fingerprint density at radius 2 is 1.32 bits per heavy atom. The number of benzene rings is 4. The molecule has 0 bridgehead atoms. The van der Waals surface area contributed by atoms with Crippen LogP contribution in [0.25, 0.3) is 38.6 Å². The Morgan fingerprint density at radius 1 is 0.703 bits per heavy atom. The Kier molecular flexibility index (Phi) is 5.86. The molecule has 0 unspecified atom stereocenters. The van der Waals surface area contributed by atoms with E-state index in [1.54, 1.807) is 19.0 Å². The smallest absolute Gasteiger partial charge is 0.376 e. The first kappa shape index (κ1) is 24.9. The van der Waals surface area contributed by atoms with Gasteiger partial charge < -0.3 is 9.47 Å². The fraction of sp³-hybridized carbons (Fsp3) is 0.250. The molecule has 0 aliphatic carbocycles. The molecule has 190 valence electrons. The highest BCUT2D eigenvalue weighted by Crippen LogP contribution is 2.44. The number of halogens is 3. The van der Waals surface area contributed by atoms with Gasteiger partial charge in [-0.3, -0.25) is 0 Å². The number of hydrogen-bond donors (Lipinski definition) is 0. The maximum absolute atomic E-state index is 14.1. The first-order valence-corrected chi connectivity index (χ1v) is 12.4. The molecule has 1 aromatic heterocycles. The van der Waals surface area contributed by atoms with Gasteiger partial charge in [0.1, 0.15) is 0 Å². The van der Waals surface area contributed by atoms with E-state index in [-0.39, 0.29) is 5.41 Å². The van der Waals surface area contributed by atoms with E-state index < -0.39 is 11.7 Å². The van der Waals surface area contributed by atoms with E-state index in [4.69, 9.17) is 0 Å². The van der Waals surface area contributed by atoms with Crippen molar-refractivity contribution in [2.75, 3.05) is 19.0 Å². The molecule has 37 heavy (non-hydrogen) atoms. The average Bonchev–Trinajstić information content (AvgIpc) is 3.15. The van der Waals surface area contributed by atoms with Crippen LogP contribution >= 0.6 is 0 Å². The van der Waals surface area contributed by atoms with E-state index >= 15 is 0 Å². The summed E-state index contributed by atoms with van der Waals surface area (Å²) in [6.45, 7) is 8.62. The van der Waals surface area contributed by atoms with E-state index in [0.29, 0.717) is 11.3 Å². The molecule has 0 spiro atoms. The van der Waals surface area contributed by atoms with Crippen LogP contribution in [-0.4, -0.2) is 18.7 Å². The fourth-order valence-corrected chi connectivity index (χ4v) is 5.04. The topological polar surface area (TPSA) is 8.17 Å². The molecule has 5 heteroatoms. The van der Waals surface area contributed by atoms with Crippen LogP contribution in [0.4, 0.5) is 18.9 Å². The molecule has 2 nitrogen and oxygen atoms in total. The summed E-state index contributed by atoms with van der Waals surface area (Å²) in [6.07, 6.45) is -4.47. The van der Waals surface area contributed by atoms with Gasteiger partial charge in [-0.1, -0.05) is 68.8 Å². The summed E-state index contributed by atoms with van der Waals surface area (Å²) in [7, 11) is 3.59. The summed E-state index contributed by atoms with van der Waals surface area (Å²) < 4.78 is 44.4. The number of fused-ring (bicyclic) bond motifs is 3. The van der Waals surface area contributed by atoms with Gasteiger partial charge in [-0.15, -0.1) is 0 Å². The van der Waals surface area contributed by atoms with Crippen molar-refractivity contribution in [2.45, 2.75) is 39.3 Å². The molecule has 0 saturated heterocycles. The number of rotatable bonds is 3. The second-order valence-corrected chi connectivity index (χ2v) is 11.0. The zero-order valence-corrected chi connectivity index (χ0v) is 22.0. The minimum absolute atomic E-state index is 0.0369. The lowest BCUT2D eigenvalue weighted by Gasteiger charge is -2.25. The molecule has 1 heterocycles. The Hall–Kier alpha value is -3.73. The van der Waals surface area contributed by atoms with Crippen molar-refractivity contribution in [1.29, 1.82) is 0 Å². The summed E-state index contributed by atoms with van der Waals surface area (Å²) in [6, 6.07) is 24.7. The molecule has 0 aliphatic heterocycles. The standard InChI is InChI=1S/C32H31F3N2/c1-20-12-14-27-25(16-20)26-17-22(31(2,3)4)13-15-28(26)37(27)30-24(21-10-8-7-9-11-21)18-23(32(33,34)35)19-29(30)36(5)6/h7-19H,1-6H3. The van der Waals surface area contributed by atoms with E-state index in [0.717, 1.165) is 38.6 Å². The molecule has 5 aromatic rings. The van der Waals surface area contributed by atoms with Crippen LogP contribution < -0.4 is 4.90 Å². The largest absolute Gasteiger partial charge is 0.416 e. The highest BCUT2D eigenvalue weighted by atomic mass is 19.4. The van der Waals surface area contributed by atoms with E-state index in [2.05, 4.69) is 68.7 Å². The van der Waals surface area contributed by atoms with Gasteiger partial charge in [0.25, 0.3) is 0 Å². The van der Waals surface area contributed by atoms with E-state index in [1.807, 2.05) is 30.3 Å². The van der Waals surface area contributed by atoms with E-state index in [1.165, 1.54) is 17.7 Å². The maximum atomic E-state index is 14.1. The minimum Gasteiger partial charge on any atom is -0.376 e. The number of anilines is 1. The highest BCUT2D eigenvalue weighted by molar-refractivity contribution is 6.11. The lowest BCUT2D eigenvalue weighted by atomic mass is 9.86. The van der Waals surface area contributed by atoms with Crippen molar-refractivity contribution in [1.82, 2.24) is 4.57 Å². The van der Waals surface area contributed by atoms with Crippen molar-refractivity contribution < 1.29 is 13.2 Å². The lowest BCUT2D eigenvalue weighted by Crippen LogP contribution is -2.16. The molecule has 4 aromatic carbocycles. The Balaban J connectivity index is 1.99. The van der Waals surface area contributed by atoms with Crippen LogP contribution in [0.1, 0.15) is 37.5 Å². The normalized spacial score (nSPS) is 12.5. The predicted molar refractivity (Wildman–Crippen MR) is 149 cm³/mol. The molecule has 0 fully saturated rings. The van der Waals surface area contributed by atoms with Crippen LogP contribution in [-0.2, 0) is 11.6 Å². The SMILES string of the molecule is Cc1ccc2c(c1)c1cc(C(C)(C)C)ccc1n2-c1c(-c2ccccc2)cc(C(F)(F)F)cc1N(C)C. The van der Waals surface area contributed by atoms with Gasteiger partial charge >= 0.3 is 6.18 Å². The first-order valence-electron chi connectivity index (χ1n) is 12.4. The van der Waals surface area contributed by atoms with Crippen LogP contribution in [0.5, 0.6) is 0 Å². The van der Waals surface area contributed by atoms with Crippen LogP contribution in [0.3, 0.4) is 0 Å². The summed E-state index contributed by atoms with van der Waals surface area (Å²) >= 11 is 0. The molecule has 0 atom stereocenters. The minimum atomic E-state index is -4.47. The molecule has 5 rings (SSSR count). The van der Waals surface area contributed by atoms with Gasteiger partial charge in [0.05, 0.1) is 28.0 Å². The van der Waals surface area contributed by atoms with Gasteiger partial charge in [0.2, 0.25) is 0 Å². The third kappa shape index (κ3) is 4.37. The Labute approximate surface area is 216 Å². The van der Waals surface area contributed by atoms with Crippen molar-refractivity contribution in [3.63, 3.8) is 0 Å². The third-order valence-electron chi connectivity index (χ3n) is 6.99. The number of nitrogens with zero attached hydrogens (tertiary/aromatic N) is 2. The number of aromatic nitrogens is 1. The summed E-state index contributed by atoms with van der Waals surface area (Å²) in [5.74, 6) is 0. The van der Waals surface area contributed by atoms with E-state index in [9.17, 15) is 13.2 Å². The Morgan fingerprint density at radius 3 is 1.92 bits per heavy atom. The number of hydrogen-bond acceptors (Lipinski definition) is 1. The predicted octanol–water partition coefficient (Wildman–Crippen LogP) is 9.14. The van der Waals surface area contributed by atoms with Gasteiger partial charge in [0, 0.05) is 30.4 Å². The summed E-state index contributed by atoms with van der Waals surface area (Å²) in [5.41, 5.74) is 6.10. The first-order chi connectivity index (χ1) is 17.4. The number of alkyl halides is 3. The second kappa shape index (κ2) is 8.69. The van der Waals surface area contributed by atoms with Crippen molar-refractivity contribution in [3.05, 3.63) is 95.6 Å². The average molecular weight is 501 g/mol. The maximum Gasteiger partial charge on any atom is 0.416 e. The van der Waals surface area contributed by atoms with Gasteiger partial charge in [-0.25, -0.2) is 0 Å². The van der Waals surface area contributed by atoms with Crippen LogP contribution in [0.2, 0.25) is 0 Å². The monoisotopic (exact) mass is 500 g/mol. The van der Waals surface area contributed by atoms with Crippen LogP contribution in [0, 0.1) is 6.92 Å². The zero-order chi connectivity index (χ0) is 26.7. The zero-order valence-electron chi connectivity index (χ0n) is 22.0. The van der Waals surface area contributed by atoms with Gasteiger partial charge in [0.15, 0.2) is 0 Å². The molecule has 0 saturated carbocycles. The third-order valence-corrected chi connectivity index (χ3v) is 6.99.